The molecule has 17 heavy (non-hydrogen) atoms. The van der Waals surface area contributed by atoms with Gasteiger partial charge in [0.25, 0.3) is 0 Å². The second kappa shape index (κ2) is 8.10. The van der Waals surface area contributed by atoms with Crippen molar-refractivity contribution >= 4 is 0 Å². The zero-order valence-electron chi connectivity index (χ0n) is 12.3. The van der Waals surface area contributed by atoms with Gasteiger partial charge in [-0.2, -0.15) is 0 Å². The molecule has 0 aromatic rings. The van der Waals surface area contributed by atoms with Crippen LogP contribution in [0, 0.1) is 11.8 Å². The Morgan fingerprint density at radius 2 is 2.00 bits per heavy atom. The summed E-state index contributed by atoms with van der Waals surface area (Å²) in [4.78, 5) is 2.66. The highest BCUT2D eigenvalue weighted by atomic mass is 15.2. The molecule has 2 nitrogen and oxygen atoms in total. The maximum Gasteiger partial charge on any atom is 0.0192 e. The molecule has 1 N–H and O–H groups in total. The second-order valence-electron chi connectivity index (χ2n) is 6.00. The van der Waals surface area contributed by atoms with E-state index in [0.29, 0.717) is 6.04 Å². The lowest BCUT2D eigenvalue weighted by molar-refractivity contribution is 0.102. The molecule has 0 bridgehead atoms. The van der Waals surface area contributed by atoms with E-state index in [2.05, 4.69) is 37.9 Å². The number of unbranched alkanes of at least 4 members (excludes halogenated alkanes) is 2. The minimum Gasteiger partial charge on any atom is -0.315 e. The summed E-state index contributed by atoms with van der Waals surface area (Å²) in [6.07, 6.45) is 5.39. The van der Waals surface area contributed by atoms with E-state index in [1.54, 1.807) is 0 Å². The molecule has 1 aliphatic heterocycles. The van der Waals surface area contributed by atoms with Crippen molar-refractivity contribution in [1.82, 2.24) is 10.2 Å². The molecule has 1 heterocycles. The topological polar surface area (TPSA) is 15.3 Å². The number of nitrogens with one attached hydrogen (secondary N) is 1. The summed E-state index contributed by atoms with van der Waals surface area (Å²) in [5.74, 6) is 1.78. The predicted octanol–water partition coefficient (Wildman–Crippen LogP) is 3.13. The SMILES string of the molecule is CCCCCNCC(C)N1CCC(C)C(C)C1. The van der Waals surface area contributed by atoms with Crippen molar-refractivity contribution in [3.8, 4) is 0 Å². The lowest BCUT2D eigenvalue weighted by Crippen LogP contribution is -2.47. The van der Waals surface area contributed by atoms with Crippen molar-refractivity contribution in [3.63, 3.8) is 0 Å². The van der Waals surface area contributed by atoms with Crippen LogP contribution in [0.15, 0.2) is 0 Å². The van der Waals surface area contributed by atoms with E-state index < -0.39 is 0 Å². The van der Waals surface area contributed by atoms with Gasteiger partial charge in [-0.25, -0.2) is 0 Å². The van der Waals surface area contributed by atoms with Gasteiger partial charge in [0, 0.05) is 19.1 Å². The van der Waals surface area contributed by atoms with E-state index in [4.69, 9.17) is 0 Å². The summed E-state index contributed by atoms with van der Waals surface area (Å²) in [6, 6.07) is 0.701. The summed E-state index contributed by atoms with van der Waals surface area (Å²) in [6.45, 7) is 14.4. The minimum absolute atomic E-state index is 0.701. The zero-order valence-corrected chi connectivity index (χ0v) is 12.3. The molecule has 0 aliphatic carbocycles. The fourth-order valence-electron chi connectivity index (χ4n) is 2.64. The van der Waals surface area contributed by atoms with E-state index in [-0.39, 0.29) is 0 Å². The molecule has 1 rings (SSSR count). The van der Waals surface area contributed by atoms with Gasteiger partial charge in [0.15, 0.2) is 0 Å². The predicted molar refractivity (Wildman–Crippen MR) is 76.4 cm³/mol. The van der Waals surface area contributed by atoms with Gasteiger partial charge >= 0.3 is 0 Å². The van der Waals surface area contributed by atoms with E-state index in [0.717, 1.165) is 18.4 Å². The van der Waals surface area contributed by atoms with Gasteiger partial charge in [0.1, 0.15) is 0 Å². The zero-order chi connectivity index (χ0) is 12.7. The molecule has 2 heteroatoms. The van der Waals surface area contributed by atoms with E-state index in [1.165, 1.54) is 45.3 Å². The van der Waals surface area contributed by atoms with E-state index in [9.17, 15) is 0 Å². The highest BCUT2D eigenvalue weighted by molar-refractivity contribution is 4.79. The Kier molecular flexibility index (Phi) is 7.14. The molecule has 1 aliphatic rings. The molecule has 3 atom stereocenters. The Hall–Kier alpha value is -0.0800. The molecule has 0 saturated carbocycles. The summed E-state index contributed by atoms with van der Waals surface area (Å²) >= 11 is 0. The summed E-state index contributed by atoms with van der Waals surface area (Å²) in [5.41, 5.74) is 0. The minimum atomic E-state index is 0.701. The molecular formula is C15H32N2. The quantitative estimate of drug-likeness (QED) is 0.688. The molecule has 0 aromatic heterocycles. The Bertz CT molecular complexity index is 193. The van der Waals surface area contributed by atoms with Crippen LogP contribution >= 0.6 is 0 Å². The Labute approximate surface area is 108 Å². The van der Waals surface area contributed by atoms with Gasteiger partial charge < -0.3 is 5.32 Å². The van der Waals surface area contributed by atoms with Gasteiger partial charge in [-0.1, -0.05) is 33.6 Å². The van der Waals surface area contributed by atoms with Crippen molar-refractivity contribution < 1.29 is 0 Å². The second-order valence-corrected chi connectivity index (χ2v) is 6.00. The van der Waals surface area contributed by atoms with Crippen molar-refractivity contribution in [2.24, 2.45) is 11.8 Å². The first kappa shape index (κ1) is 15.0. The Morgan fingerprint density at radius 3 is 2.65 bits per heavy atom. The van der Waals surface area contributed by atoms with Crippen LogP contribution in [-0.4, -0.2) is 37.1 Å². The van der Waals surface area contributed by atoms with E-state index in [1.807, 2.05) is 0 Å². The van der Waals surface area contributed by atoms with Crippen LogP contribution in [0.1, 0.15) is 53.4 Å². The molecule has 3 unspecified atom stereocenters. The summed E-state index contributed by atoms with van der Waals surface area (Å²) in [7, 11) is 0. The average molecular weight is 240 g/mol. The van der Waals surface area contributed by atoms with Crippen molar-refractivity contribution in [2.75, 3.05) is 26.2 Å². The van der Waals surface area contributed by atoms with Crippen LogP contribution in [0.5, 0.6) is 0 Å². The lowest BCUT2D eigenvalue weighted by atomic mass is 9.88. The highest BCUT2D eigenvalue weighted by Crippen LogP contribution is 2.23. The Balaban J connectivity index is 2.12. The fraction of sp³-hybridized carbons (Fsp3) is 1.00. The number of nitrogens with zero attached hydrogens (tertiary/aromatic N) is 1. The van der Waals surface area contributed by atoms with Gasteiger partial charge in [-0.05, 0) is 44.7 Å². The van der Waals surface area contributed by atoms with Crippen molar-refractivity contribution in [1.29, 1.82) is 0 Å². The van der Waals surface area contributed by atoms with Crippen LogP contribution in [0.2, 0.25) is 0 Å². The number of rotatable bonds is 7. The molecule has 102 valence electrons. The van der Waals surface area contributed by atoms with Crippen LogP contribution in [0.3, 0.4) is 0 Å². The molecule has 0 aromatic carbocycles. The first-order chi connectivity index (χ1) is 8.15. The van der Waals surface area contributed by atoms with Crippen molar-refractivity contribution in [3.05, 3.63) is 0 Å². The number of piperidine rings is 1. The molecule has 1 fully saturated rings. The largest absolute Gasteiger partial charge is 0.315 e. The smallest absolute Gasteiger partial charge is 0.0192 e. The van der Waals surface area contributed by atoms with Crippen LogP contribution in [0.25, 0.3) is 0 Å². The van der Waals surface area contributed by atoms with Crippen molar-refractivity contribution in [2.45, 2.75) is 59.4 Å². The number of likely N-dealkylation sites (tertiary alicyclic amines) is 1. The summed E-state index contributed by atoms with van der Waals surface area (Å²) < 4.78 is 0. The number of hydrogen-bond acceptors (Lipinski definition) is 2. The highest BCUT2D eigenvalue weighted by Gasteiger charge is 2.25. The van der Waals surface area contributed by atoms with Crippen LogP contribution < -0.4 is 5.32 Å². The first-order valence-corrected chi connectivity index (χ1v) is 7.59. The fourth-order valence-corrected chi connectivity index (χ4v) is 2.64. The van der Waals surface area contributed by atoms with Gasteiger partial charge in [-0.15, -0.1) is 0 Å². The summed E-state index contributed by atoms with van der Waals surface area (Å²) in [5, 5.41) is 3.60. The molecule has 0 spiro atoms. The first-order valence-electron chi connectivity index (χ1n) is 7.59. The molecule has 0 radical (unpaired) electrons. The van der Waals surface area contributed by atoms with Gasteiger partial charge in [0.05, 0.1) is 0 Å². The maximum absolute atomic E-state index is 3.60. The monoisotopic (exact) mass is 240 g/mol. The third-order valence-electron chi connectivity index (χ3n) is 4.39. The molecular weight excluding hydrogens is 208 g/mol. The maximum atomic E-state index is 3.60. The number of hydrogen-bond donors (Lipinski definition) is 1. The third kappa shape index (κ3) is 5.39. The van der Waals surface area contributed by atoms with Crippen LogP contribution in [-0.2, 0) is 0 Å². The van der Waals surface area contributed by atoms with Crippen LogP contribution in [0.4, 0.5) is 0 Å². The molecule has 1 saturated heterocycles. The normalized spacial score (nSPS) is 28.2. The lowest BCUT2D eigenvalue weighted by Gasteiger charge is -2.39. The van der Waals surface area contributed by atoms with Gasteiger partial charge in [-0.3, -0.25) is 4.90 Å². The van der Waals surface area contributed by atoms with E-state index >= 15 is 0 Å². The molecule has 0 amide bonds. The standard InChI is InChI=1S/C15H32N2/c1-5-6-7-9-16-11-15(4)17-10-8-13(2)14(3)12-17/h13-16H,5-12H2,1-4H3. The average Bonchev–Trinajstić information content (AvgIpc) is 2.32. The Morgan fingerprint density at radius 1 is 1.24 bits per heavy atom. The van der Waals surface area contributed by atoms with Gasteiger partial charge in [0.2, 0.25) is 0 Å². The third-order valence-corrected chi connectivity index (χ3v) is 4.39.